The molecule has 20 heavy (non-hydrogen) atoms. The van der Waals surface area contributed by atoms with Crippen LogP contribution >= 0.6 is 0 Å². The molecular formula is C14H15N3O3. The molecule has 0 atom stereocenters. The molecule has 2 rings (SSSR count). The van der Waals surface area contributed by atoms with Crippen molar-refractivity contribution in [2.75, 3.05) is 13.7 Å². The first-order valence-corrected chi connectivity index (χ1v) is 6.08. The number of carbonyl (C=O) groups is 2. The van der Waals surface area contributed by atoms with E-state index in [9.17, 15) is 9.59 Å². The highest BCUT2D eigenvalue weighted by molar-refractivity contribution is 5.82. The zero-order valence-electron chi connectivity index (χ0n) is 11.1. The summed E-state index contributed by atoms with van der Waals surface area (Å²) >= 11 is 0. The fourth-order valence-corrected chi connectivity index (χ4v) is 1.75. The van der Waals surface area contributed by atoms with Crippen molar-refractivity contribution in [2.24, 2.45) is 0 Å². The van der Waals surface area contributed by atoms with Crippen molar-refractivity contribution in [1.29, 1.82) is 0 Å². The first-order valence-electron chi connectivity index (χ1n) is 6.08. The highest BCUT2D eigenvalue weighted by atomic mass is 16.5. The number of hydrogen-bond donors (Lipinski definition) is 0. The van der Waals surface area contributed by atoms with Crippen LogP contribution in [-0.2, 0) is 16.1 Å². The molecule has 2 aromatic rings. The minimum Gasteiger partial charge on any atom is -0.468 e. The molecule has 104 valence electrons. The lowest BCUT2D eigenvalue weighted by Crippen LogP contribution is -2.38. The number of imidazole rings is 1. The maximum atomic E-state index is 12.3. The predicted molar refractivity (Wildman–Crippen MR) is 71.9 cm³/mol. The normalized spacial score (nSPS) is 10.1. The number of esters is 1. The summed E-state index contributed by atoms with van der Waals surface area (Å²) in [6.45, 7) is 0.218. The maximum absolute atomic E-state index is 12.3. The van der Waals surface area contributed by atoms with E-state index in [0.29, 0.717) is 6.54 Å². The van der Waals surface area contributed by atoms with Crippen LogP contribution < -0.4 is 0 Å². The number of ether oxygens (including phenoxy) is 1. The Morgan fingerprint density at radius 1 is 1.30 bits per heavy atom. The summed E-state index contributed by atoms with van der Waals surface area (Å²) in [4.78, 5) is 29.0. The van der Waals surface area contributed by atoms with Crippen LogP contribution in [0.3, 0.4) is 0 Å². The van der Waals surface area contributed by atoms with E-state index in [2.05, 4.69) is 9.72 Å². The topological polar surface area (TPSA) is 64.4 Å². The molecule has 0 saturated heterocycles. The summed E-state index contributed by atoms with van der Waals surface area (Å²) in [5.74, 6) is -0.464. The lowest BCUT2D eigenvalue weighted by molar-refractivity contribution is -0.141. The Balaban J connectivity index is 2.16. The molecule has 0 bridgehead atoms. The van der Waals surface area contributed by atoms with Gasteiger partial charge in [-0.15, -0.1) is 0 Å². The highest BCUT2D eigenvalue weighted by Crippen LogP contribution is 2.07. The van der Waals surface area contributed by atoms with Gasteiger partial charge in [-0.3, -0.25) is 9.36 Å². The predicted octanol–water partition coefficient (Wildman–Crippen LogP) is 1.53. The van der Waals surface area contributed by atoms with Crippen LogP contribution in [-0.4, -0.2) is 40.1 Å². The van der Waals surface area contributed by atoms with Crippen LogP contribution in [0, 0.1) is 0 Å². The average Bonchev–Trinajstić information content (AvgIpc) is 3.01. The minimum absolute atomic E-state index is 0.109. The molecule has 0 fully saturated rings. The quantitative estimate of drug-likeness (QED) is 0.792. The molecule has 0 aliphatic rings. The summed E-state index contributed by atoms with van der Waals surface area (Å²) < 4.78 is 5.95. The average molecular weight is 273 g/mol. The van der Waals surface area contributed by atoms with Crippen LogP contribution in [0.2, 0.25) is 0 Å². The molecule has 1 heterocycles. The van der Waals surface area contributed by atoms with Gasteiger partial charge in [0.1, 0.15) is 12.9 Å². The molecule has 0 radical (unpaired) electrons. The van der Waals surface area contributed by atoms with Crippen molar-refractivity contribution >= 4 is 12.0 Å². The van der Waals surface area contributed by atoms with Gasteiger partial charge in [0, 0.05) is 18.9 Å². The van der Waals surface area contributed by atoms with E-state index in [1.807, 2.05) is 30.3 Å². The van der Waals surface area contributed by atoms with Crippen LogP contribution in [0.5, 0.6) is 0 Å². The number of benzene rings is 1. The van der Waals surface area contributed by atoms with E-state index in [4.69, 9.17) is 0 Å². The van der Waals surface area contributed by atoms with Gasteiger partial charge in [-0.1, -0.05) is 30.3 Å². The SMILES string of the molecule is COC(=O)CN(Cc1ccccc1)C(=O)n1ccnc1. The lowest BCUT2D eigenvalue weighted by Gasteiger charge is -2.21. The second kappa shape index (κ2) is 6.51. The molecule has 6 heteroatoms. The van der Waals surface area contributed by atoms with Gasteiger partial charge in [0.05, 0.1) is 7.11 Å². The lowest BCUT2D eigenvalue weighted by atomic mass is 10.2. The molecule has 1 amide bonds. The zero-order chi connectivity index (χ0) is 14.4. The Morgan fingerprint density at radius 3 is 2.65 bits per heavy atom. The second-order valence-corrected chi connectivity index (χ2v) is 4.17. The fraction of sp³-hybridized carbons (Fsp3) is 0.214. The standard InChI is InChI=1S/C14H15N3O3/c1-20-13(18)10-17(9-12-5-3-2-4-6-12)14(19)16-8-7-15-11-16/h2-8,11H,9-10H2,1H3. The van der Waals surface area contributed by atoms with Crippen LogP contribution in [0.25, 0.3) is 0 Å². The van der Waals surface area contributed by atoms with Crippen molar-refractivity contribution in [3.63, 3.8) is 0 Å². The molecule has 1 aromatic carbocycles. The van der Waals surface area contributed by atoms with Crippen molar-refractivity contribution in [3.8, 4) is 0 Å². The summed E-state index contributed by atoms with van der Waals surface area (Å²) in [6, 6.07) is 9.13. The van der Waals surface area contributed by atoms with Gasteiger partial charge in [0.15, 0.2) is 0 Å². The zero-order valence-corrected chi connectivity index (χ0v) is 11.1. The van der Waals surface area contributed by atoms with Crippen molar-refractivity contribution in [2.45, 2.75) is 6.54 Å². The Kier molecular flexibility index (Phi) is 4.49. The van der Waals surface area contributed by atoms with Crippen LogP contribution in [0.1, 0.15) is 5.56 Å². The van der Waals surface area contributed by atoms with Gasteiger partial charge >= 0.3 is 12.0 Å². The summed E-state index contributed by atoms with van der Waals surface area (Å²) in [5, 5.41) is 0. The van der Waals surface area contributed by atoms with Crippen LogP contribution in [0.15, 0.2) is 49.1 Å². The second-order valence-electron chi connectivity index (χ2n) is 4.17. The number of rotatable bonds is 4. The van der Waals surface area contributed by atoms with Crippen molar-refractivity contribution in [3.05, 3.63) is 54.6 Å². The van der Waals surface area contributed by atoms with Gasteiger partial charge < -0.3 is 9.64 Å². The fourth-order valence-electron chi connectivity index (χ4n) is 1.75. The monoisotopic (exact) mass is 273 g/mol. The minimum atomic E-state index is -0.464. The third-order valence-electron chi connectivity index (χ3n) is 2.76. The molecule has 6 nitrogen and oxygen atoms in total. The molecule has 0 spiro atoms. The molecular weight excluding hydrogens is 258 g/mol. The Morgan fingerprint density at radius 2 is 2.05 bits per heavy atom. The van der Waals surface area contributed by atoms with Gasteiger partial charge in [0.25, 0.3) is 0 Å². The number of methoxy groups -OCH3 is 1. The van der Waals surface area contributed by atoms with Gasteiger partial charge in [-0.2, -0.15) is 0 Å². The number of nitrogens with zero attached hydrogens (tertiary/aromatic N) is 3. The van der Waals surface area contributed by atoms with Crippen molar-refractivity contribution in [1.82, 2.24) is 14.5 Å². The van der Waals surface area contributed by atoms with E-state index in [1.165, 1.54) is 35.3 Å². The Labute approximate surface area is 116 Å². The maximum Gasteiger partial charge on any atom is 0.330 e. The van der Waals surface area contributed by atoms with E-state index < -0.39 is 5.97 Å². The first kappa shape index (κ1) is 13.8. The van der Waals surface area contributed by atoms with E-state index in [0.717, 1.165) is 5.56 Å². The summed E-state index contributed by atoms with van der Waals surface area (Å²) in [6.07, 6.45) is 4.45. The van der Waals surface area contributed by atoms with E-state index >= 15 is 0 Å². The molecule has 0 unspecified atom stereocenters. The third kappa shape index (κ3) is 3.44. The highest BCUT2D eigenvalue weighted by Gasteiger charge is 2.19. The van der Waals surface area contributed by atoms with E-state index in [-0.39, 0.29) is 12.6 Å². The Hall–Kier alpha value is -2.63. The number of amides is 1. The van der Waals surface area contributed by atoms with Crippen LogP contribution in [0.4, 0.5) is 4.79 Å². The number of carbonyl (C=O) groups excluding carboxylic acids is 2. The largest absolute Gasteiger partial charge is 0.468 e. The smallest absolute Gasteiger partial charge is 0.330 e. The van der Waals surface area contributed by atoms with Gasteiger partial charge in [-0.05, 0) is 5.56 Å². The Bertz CT molecular complexity index is 567. The number of aromatic nitrogens is 2. The first-order chi connectivity index (χ1) is 9.70. The van der Waals surface area contributed by atoms with Gasteiger partial charge in [-0.25, -0.2) is 9.78 Å². The molecule has 0 aliphatic heterocycles. The molecule has 1 aromatic heterocycles. The molecule has 0 aliphatic carbocycles. The molecule has 0 saturated carbocycles. The summed E-state index contributed by atoms with van der Waals surface area (Å²) in [7, 11) is 1.30. The third-order valence-corrected chi connectivity index (χ3v) is 2.76. The number of hydrogen-bond acceptors (Lipinski definition) is 4. The van der Waals surface area contributed by atoms with Gasteiger partial charge in [0.2, 0.25) is 0 Å². The summed E-state index contributed by atoms with van der Waals surface area (Å²) in [5.41, 5.74) is 0.935. The molecule has 0 N–H and O–H groups in total. The van der Waals surface area contributed by atoms with E-state index in [1.54, 1.807) is 0 Å². The van der Waals surface area contributed by atoms with Crippen molar-refractivity contribution < 1.29 is 14.3 Å².